The van der Waals surface area contributed by atoms with E-state index < -0.39 is 4.92 Å². The molecule has 0 bridgehead atoms. The topological polar surface area (TPSA) is 84.7 Å². The number of carbonyl (C=O) groups excluding carboxylic acids is 1. The smallest absolute Gasteiger partial charge is 0.293 e. The summed E-state index contributed by atoms with van der Waals surface area (Å²) in [6.07, 6.45) is 2.13. The normalized spacial score (nSPS) is 13.4. The molecule has 1 fully saturated rings. The van der Waals surface area contributed by atoms with Gasteiger partial charge in [0.15, 0.2) is 0 Å². The number of ether oxygens (including phenoxy) is 1. The summed E-state index contributed by atoms with van der Waals surface area (Å²) in [4.78, 5) is 25.6. The van der Waals surface area contributed by atoms with E-state index in [0.717, 1.165) is 35.3 Å². The number of nitro benzene ring substituents is 1. The Balaban J connectivity index is 1.69. The fraction of sp³-hybridized carbons (Fsp3) is 0.381. The van der Waals surface area contributed by atoms with E-state index in [4.69, 9.17) is 4.74 Å². The maximum absolute atomic E-state index is 12.6. The SMILES string of the molecule is COc1ccc(CN(CC(=O)Nc2cc(C)c(C)cc2[N+](=O)[O-])C2CC2)cc1. The summed E-state index contributed by atoms with van der Waals surface area (Å²) in [7, 11) is 1.63. The van der Waals surface area contributed by atoms with E-state index in [2.05, 4.69) is 10.2 Å². The first-order chi connectivity index (χ1) is 13.4. The molecule has 3 rings (SSSR count). The van der Waals surface area contributed by atoms with Crippen molar-refractivity contribution in [3.05, 3.63) is 63.2 Å². The fourth-order valence-electron chi connectivity index (χ4n) is 3.15. The highest BCUT2D eigenvalue weighted by Crippen LogP contribution is 2.30. The summed E-state index contributed by atoms with van der Waals surface area (Å²) < 4.78 is 5.18. The largest absolute Gasteiger partial charge is 0.497 e. The molecule has 148 valence electrons. The van der Waals surface area contributed by atoms with Gasteiger partial charge >= 0.3 is 0 Å². The summed E-state index contributed by atoms with van der Waals surface area (Å²) in [5, 5.41) is 14.1. The van der Waals surface area contributed by atoms with Crippen molar-refractivity contribution in [3.63, 3.8) is 0 Å². The Morgan fingerprint density at radius 3 is 2.43 bits per heavy atom. The lowest BCUT2D eigenvalue weighted by atomic mass is 10.1. The first-order valence-corrected chi connectivity index (χ1v) is 9.30. The van der Waals surface area contributed by atoms with Gasteiger partial charge in [0.05, 0.1) is 18.6 Å². The fourth-order valence-corrected chi connectivity index (χ4v) is 3.15. The van der Waals surface area contributed by atoms with Crippen LogP contribution in [0.4, 0.5) is 11.4 Å². The zero-order valence-electron chi connectivity index (χ0n) is 16.4. The van der Waals surface area contributed by atoms with Gasteiger partial charge in [-0.05, 0) is 61.6 Å². The summed E-state index contributed by atoms with van der Waals surface area (Å²) in [6, 6.07) is 11.3. The van der Waals surface area contributed by atoms with Gasteiger partial charge in [0, 0.05) is 18.7 Å². The van der Waals surface area contributed by atoms with Crippen LogP contribution < -0.4 is 10.1 Å². The highest BCUT2D eigenvalue weighted by molar-refractivity contribution is 5.94. The van der Waals surface area contributed by atoms with Gasteiger partial charge in [0.2, 0.25) is 5.91 Å². The highest BCUT2D eigenvalue weighted by Gasteiger charge is 2.30. The summed E-state index contributed by atoms with van der Waals surface area (Å²) in [5.74, 6) is 0.549. The lowest BCUT2D eigenvalue weighted by Gasteiger charge is -2.21. The van der Waals surface area contributed by atoms with Gasteiger partial charge < -0.3 is 10.1 Å². The van der Waals surface area contributed by atoms with E-state index in [-0.39, 0.29) is 23.8 Å². The number of nitrogens with zero attached hydrogens (tertiary/aromatic N) is 2. The number of amides is 1. The summed E-state index contributed by atoms with van der Waals surface area (Å²) in [5.41, 5.74) is 2.99. The van der Waals surface area contributed by atoms with E-state index in [1.54, 1.807) is 13.2 Å². The molecule has 7 nitrogen and oxygen atoms in total. The quantitative estimate of drug-likeness (QED) is 0.553. The number of hydrogen-bond acceptors (Lipinski definition) is 5. The molecule has 1 saturated carbocycles. The number of rotatable bonds is 8. The Labute approximate surface area is 164 Å². The van der Waals surface area contributed by atoms with Crippen LogP contribution in [0.25, 0.3) is 0 Å². The molecule has 2 aromatic rings. The highest BCUT2D eigenvalue weighted by atomic mass is 16.6. The van der Waals surface area contributed by atoms with Crippen LogP contribution in [0.5, 0.6) is 5.75 Å². The number of hydrogen-bond donors (Lipinski definition) is 1. The van der Waals surface area contributed by atoms with E-state index in [9.17, 15) is 14.9 Å². The van der Waals surface area contributed by atoms with Crippen LogP contribution in [0.1, 0.15) is 29.5 Å². The Kier molecular flexibility index (Phi) is 5.94. The lowest BCUT2D eigenvalue weighted by Crippen LogP contribution is -2.34. The summed E-state index contributed by atoms with van der Waals surface area (Å²) in [6.45, 7) is 4.53. The summed E-state index contributed by atoms with van der Waals surface area (Å²) >= 11 is 0. The second-order valence-electron chi connectivity index (χ2n) is 7.24. The zero-order valence-corrected chi connectivity index (χ0v) is 16.4. The van der Waals surface area contributed by atoms with Gasteiger partial charge in [0.1, 0.15) is 11.4 Å². The minimum absolute atomic E-state index is 0.0791. The first kappa shape index (κ1) is 19.8. The molecule has 0 unspecified atom stereocenters. The number of nitrogens with one attached hydrogen (secondary N) is 1. The second-order valence-corrected chi connectivity index (χ2v) is 7.24. The van der Waals surface area contributed by atoms with E-state index in [1.807, 2.05) is 38.1 Å². The molecule has 0 aliphatic heterocycles. The Morgan fingerprint density at radius 1 is 1.21 bits per heavy atom. The molecule has 0 heterocycles. The van der Waals surface area contributed by atoms with E-state index in [0.29, 0.717) is 12.6 Å². The predicted molar refractivity (Wildman–Crippen MR) is 108 cm³/mol. The Bertz CT molecular complexity index is 876. The number of aryl methyl sites for hydroxylation is 2. The van der Waals surface area contributed by atoms with Crippen LogP contribution in [0, 0.1) is 24.0 Å². The van der Waals surface area contributed by atoms with Crippen LogP contribution in [0.15, 0.2) is 36.4 Å². The van der Waals surface area contributed by atoms with Crippen molar-refractivity contribution >= 4 is 17.3 Å². The molecule has 0 radical (unpaired) electrons. The molecular formula is C21H25N3O4. The molecule has 0 aromatic heterocycles. The number of carbonyl (C=O) groups is 1. The minimum Gasteiger partial charge on any atom is -0.497 e. The molecular weight excluding hydrogens is 358 g/mol. The van der Waals surface area contributed by atoms with Crippen molar-refractivity contribution in [2.24, 2.45) is 0 Å². The van der Waals surface area contributed by atoms with Crippen LogP contribution in [0.3, 0.4) is 0 Å². The maximum Gasteiger partial charge on any atom is 0.293 e. The van der Waals surface area contributed by atoms with Gasteiger partial charge in [-0.1, -0.05) is 12.1 Å². The molecule has 7 heteroatoms. The third-order valence-electron chi connectivity index (χ3n) is 5.04. The van der Waals surface area contributed by atoms with Crippen LogP contribution >= 0.6 is 0 Å². The van der Waals surface area contributed by atoms with Crippen LogP contribution in [-0.2, 0) is 11.3 Å². The molecule has 2 aromatic carbocycles. The molecule has 1 aliphatic carbocycles. The zero-order chi connectivity index (χ0) is 20.3. The van der Waals surface area contributed by atoms with Gasteiger partial charge in [0.25, 0.3) is 5.69 Å². The van der Waals surface area contributed by atoms with Crippen molar-refractivity contribution < 1.29 is 14.5 Å². The van der Waals surface area contributed by atoms with Gasteiger partial charge in [-0.25, -0.2) is 0 Å². The van der Waals surface area contributed by atoms with Crippen molar-refractivity contribution in [3.8, 4) is 5.75 Å². The minimum atomic E-state index is -0.460. The lowest BCUT2D eigenvalue weighted by molar-refractivity contribution is -0.384. The van der Waals surface area contributed by atoms with Crippen molar-refractivity contribution in [2.45, 2.75) is 39.3 Å². The maximum atomic E-state index is 12.6. The number of methoxy groups -OCH3 is 1. The monoisotopic (exact) mass is 383 g/mol. The average Bonchev–Trinajstić information content (AvgIpc) is 3.49. The molecule has 0 spiro atoms. The van der Waals surface area contributed by atoms with Crippen molar-refractivity contribution in [2.75, 3.05) is 19.0 Å². The second kappa shape index (κ2) is 8.39. The predicted octanol–water partition coefficient (Wildman–Crippen LogP) is 3.82. The van der Waals surface area contributed by atoms with E-state index >= 15 is 0 Å². The first-order valence-electron chi connectivity index (χ1n) is 9.30. The van der Waals surface area contributed by atoms with E-state index in [1.165, 1.54) is 6.07 Å². The molecule has 0 saturated heterocycles. The molecule has 1 amide bonds. The van der Waals surface area contributed by atoms with Gasteiger partial charge in [-0.15, -0.1) is 0 Å². The molecule has 1 aliphatic rings. The molecule has 1 N–H and O–H groups in total. The standard InChI is InChI=1S/C21H25N3O4/c1-14-10-19(20(24(26)27)11-15(14)2)22-21(25)13-23(17-6-7-17)12-16-4-8-18(28-3)9-5-16/h4-5,8-11,17H,6-7,12-13H2,1-3H3,(H,22,25). The number of benzene rings is 2. The van der Waals surface area contributed by atoms with Crippen molar-refractivity contribution in [1.82, 2.24) is 4.90 Å². The van der Waals surface area contributed by atoms with Crippen LogP contribution in [-0.4, -0.2) is 35.4 Å². The van der Waals surface area contributed by atoms with Gasteiger partial charge in [-0.3, -0.25) is 19.8 Å². The third-order valence-corrected chi connectivity index (χ3v) is 5.04. The van der Waals surface area contributed by atoms with Crippen molar-refractivity contribution in [1.29, 1.82) is 0 Å². The van der Waals surface area contributed by atoms with Crippen LogP contribution in [0.2, 0.25) is 0 Å². The molecule has 0 atom stereocenters. The van der Waals surface area contributed by atoms with Gasteiger partial charge in [-0.2, -0.15) is 0 Å². The Hall–Kier alpha value is -2.93. The number of nitro groups is 1. The average molecular weight is 383 g/mol. The number of anilines is 1. The Morgan fingerprint density at radius 2 is 1.86 bits per heavy atom. The molecule has 28 heavy (non-hydrogen) atoms. The third kappa shape index (κ3) is 4.86.